The second kappa shape index (κ2) is 13.3. The zero-order valence-corrected chi connectivity index (χ0v) is 24.5. The molecule has 33 heavy (non-hydrogen) atoms. The second-order valence-corrected chi connectivity index (χ2v) is 10.6. The fourth-order valence-electron chi connectivity index (χ4n) is 4.81. The van der Waals surface area contributed by atoms with Crippen LogP contribution in [0.3, 0.4) is 0 Å². The summed E-state index contributed by atoms with van der Waals surface area (Å²) in [4.78, 5) is 23.8. The first-order chi connectivity index (χ1) is 14.9. The third-order valence-electron chi connectivity index (χ3n) is 7.59. The Kier molecular flexibility index (Phi) is 12.5. The third kappa shape index (κ3) is 8.26. The van der Waals surface area contributed by atoms with E-state index in [1.54, 1.807) is 0 Å². The molecule has 2 aliphatic rings. The number of esters is 1. The fourth-order valence-corrected chi connectivity index (χ4v) is 4.81. The van der Waals surface area contributed by atoms with E-state index in [4.69, 9.17) is 4.74 Å². The molecule has 0 saturated heterocycles. The van der Waals surface area contributed by atoms with Crippen molar-refractivity contribution in [1.29, 1.82) is 0 Å². The molecule has 3 unspecified atom stereocenters. The minimum absolute atomic E-state index is 0. The molecule has 0 heterocycles. The van der Waals surface area contributed by atoms with E-state index in [0.29, 0.717) is 25.2 Å². The van der Waals surface area contributed by atoms with Crippen LogP contribution in [-0.2, 0) is 14.3 Å². The number of aliphatic hydroxyl groups is 2. The van der Waals surface area contributed by atoms with Gasteiger partial charge in [-0.3, -0.25) is 4.79 Å². The maximum Gasteiger partial charge on any atom is 1.00 e. The van der Waals surface area contributed by atoms with E-state index in [-0.39, 0.29) is 87.6 Å². The Morgan fingerprint density at radius 1 is 1.27 bits per heavy atom. The van der Waals surface area contributed by atoms with Crippen LogP contribution in [0.5, 0.6) is 0 Å². The second-order valence-electron chi connectivity index (χ2n) is 10.6. The Balaban J connectivity index is 0.00000544. The molecule has 0 aromatic heterocycles. The third-order valence-corrected chi connectivity index (χ3v) is 7.59. The summed E-state index contributed by atoms with van der Waals surface area (Å²) in [6.45, 7) is 11.5. The van der Waals surface area contributed by atoms with Gasteiger partial charge in [0, 0.05) is 17.8 Å². The van der Waals surface area contributed by atoms with Gasteiger partial charge >= 0.3 is 57.4 Å². The van der Waals surface area contributed by atoms with Crippen LogP contribution in [0.4, 0.5) is 0 Å². The van der Waals surface area contributed by atoms with Gasteiger partial charge in [-0.05, 0) is 69.3 Å². The summed E-state index contributed by atoms with van der Waals surface area (Å²) in [5.74, 6) is -1.69. The van der Waals surface area contributed by atoms with E-state index in [1.807, 2.05) is 20.8 Å². The van der Waals surface area contributed by atoms with Gasteiger partial charge in [0.1, 0.15) is 6.10 Å². The molecule has 0 aliphatic heterocycles. The number of carboxylic acid groups (broad SMARTS) is 1. The van der Waals surface area contributed by atoms with Gasteiger partial charge in [-0.2, -0.15) is 0 Å². The number of carboxylic acids is 1. The van der Waals surface area contributed by atoms with Crippen LogP contribution >= 0.6 is 0 Å². The Hall–Kier alpha value is -0.0236. The molecule has 0 aromatic rings. The molecule has 0 amide bonds. The van der Waals surface area contributed by atoms with Crippen molar-refractivity contribution in [2.24, 2.45) is 35.0 Å². The molecule has 0 bridgehead atoms. The maximum absolute atomic E-state index is 12.9. The standard InChI is InChI=1S/C26H42O6.K/c1-7-26(5,6)25(31)32-22-13-15(2)12-18-9-8-16(3)20(23(18)22)11-10-19(27)14-21(28)17(4)24(29)30;/h8-9,12,15-17,19-23,27-28H,7,10-11,13-14H2,1-6H3,(H,29,30);/q;+1/p-1/t15-,16-,17-,19?,20?,21+,22-,23?;/m0./s1. The summed E-state index contributed by atoms with van der Waals surface area (Å²) in [6.07, 6.45) is 7.06. The van der Waals surface area contributed by atoms with Crippen molar-refractivity contribution in [3.05, 3.63) is 23.8 Å². The van der Waals surface area contributed by atoms with Gasteiger partial charge in [-0.25, -0.2) is 0 Å². The molecule has 6 nitrogen and oxygen atoms in total. The monoisotopic (exact) mass is 488 g/mol. The Morgan fingerprint density at radius 3 is 2.48 bits per heavy atom. The maximum atomic E-state index is 12.9. The topological polar surface area (TPSA) is 107 Å². The SMILES string of the molecule is CCC(C)(C)C(=O)O[C@H]1C[C@@H](C)C=C2C=C[C@H](C)C(CCC(O)C[C@@H](O)[C@H](C)C(=O)[O-])C21.[K+]. The fraction of sp³-hybridized carbons (Fsp3) is 0.769. The van der Waals surface area contributed by atoms with Crippen LogP contribution < -0.4 is 56.5 Å². The molecule has 0 radical (unpaired) electrons. The van der Waals surface area contributed by atoms with Crippen molar-refractivity contribution >= 4 is 11.9 Å². The van der Waals surface area contributed by atoms with Crippen LogP contribution in [-0.4, -0.2) is 40.5 Å². The van der Waals surface area contributed by atoms with Gasteiger partial charge < -0.3 is 24.9 Å². The molecule has 2 N–H and O–H groups in total. The molecule has 0 saturated carbocycles. The minimum atomic E-state index is -1.32. The normalized spacial score (nSPS) is 29.7. The van der Waals surface area contributed by atoms with E-state index in [2.05, 4.69) is 32.1 Å². The van der Waals surface area contributed by atoms with Gasteiger partial charge in [0.05, 0.1) is 17.6 Å². The van der Waals surface area contributed by atoms with Crippen LogP contribution in [0.25, 0.3) is 0 Å². The number of aliphatic carboxylic acids is 1. The first kappa shape index (κ1) is 31.0. The number of hydrogen-bond donors (Lipinski definition) is 2. The molecule has 0 fully saturated rings. The zero-order valence-electron chi connectivity index (χ0n) is 21.4. The van der Waals surface area contributed by atoms with Crippen molar-refractivity contribution < 1.29 is 81.0 Å². The number of rotatable bonds is 10. The number of carbonyl (C=O) groups is 2. The van der Waals surface area contributed by atoms with E-state index < -0.39 is 29.5 Å². The van der Waals surface area contributed by atoms with E-state index >= 15 is 0 Å². The summed E-state index contributed by atoms with van der Waals surface area (Å²) in [7, 11) is 0. The smallest absolute Gasteiger partial charge is 0.550 e. The number of aliphatic hydroxyl groups excluding tert-OH is 2. The van der Waals surface area contributed by atoms with Gasteiger partial charge in [-0.1, -0.05) is 45.9 Å². The molecule has 2 aliphatic carbocycles. The van der Waals surface area contributed by atoms with Crippen molar-refractivity contribution in [2.45, 2.75) is 92.0 Å². The van der Waals surface area contributed by atoms with Crippen molar-refractivity contribution in [3.63, 3.8) is 0 Å². The molecule has 0 aromatic carbocycles. The minimum Gasteiger partial charge on any atom is -0.550 e. The average molecular weight is 489 g/mol. The Morgan fingerprint density at radius 2 is 1.91 bits per heavy atom. The first-order valence-corrected chi connectivity index (χ1v) is 12.0. The number of allylic oxidation sites excluding steroid dienone is 3. The van der Waals surface area contributed by atoms with E-state index in [1.165, 1.54) is 12.5 Å². The molecular formula is C26H41KO6. The largest absolute Gasteiger partial charge is 1.00 e. The Bertz CT molecular complexity index is 730. The van der Waals surface area contributed by atoms with Crippen LogP contribution in [0.1, 0.15) is 73.6 Å². The predicted molar refractivity (Wildman–Crippen MR) is 121 cm³/mol. The quantitative estimate of drug-likeness (QED) is 0.332. The number of ether oxygens (including phenoxy) is 1. The number of hydrogen-bond acceptors (Lipinski definition) is 6. The summed E-state index contributed by atoms with van der Waals surface area (Å²) < 4.78 is 6.11. The molecule has 182 valence electrons. The van der Waals surface area contributed by atoms with Gasteiger partial charge in [-0.15, -0.1) is 0 Å². The van der Waals surface area contributed by atoms with Crippen molar-refractivity contribution in [2.75, 3.05) is 0 Å². The zero-order chi connectivity index (χ0) is 24.2. The molecule has 0 spiro atoms. The molecular weight excluding hydrogens is 447 g/mol. The van der Waals surface area contributed by atoms with E-state index in [0.717, 1.165) is 6.42 Å². The van der Waals surface area contributed by atoms with Gasteiger partial charge in [0.25, 0.3) is 0 Å². The Labute approximate surface area is 241 Å². The predicted octanol–water partition coefficient (Wildman–Crippen LogP) is 0.0210. The molecule has 8 atom stereocenters. The molecule has 2 rings (SSSR count). The summed E-state index contributed by atoms with van der Waals surface area (Å²) >= 11 is 0. The first-order valence-electron chi connectivity index (χ1n) is 12.0. The van der Waals surface area contributed by atoms with Crippen LogP contribution in [0, 0.1) is 35.0 Å². The summed E-state index contributed by atoms with van der Waals surface area (Å²) in [6, 6.07) is 0. The van der Waals surface area contributed by atoms with Crippen LogP contribution in [0.15, 0.2) is 23.8 Å². The number of carbonyl (C=O) groups excluding carboxylic acids is 2. The average Bonchev–Trinajstić information content (AvgIpc) is 2.72. The van der Waals surface area contributed by atoms with Crippen molar-refractivity contribution in [1.82, 2.24) is 0 Å². The number of fused-ring (bicyclic) bond motifs is 1. The molecule has 7 heteroatoms. The van der Waals surface area contributed by atoms with Crippen molar-refractivity contribution in [3.8, 4) is 0 Å². The van der Waals surface area contributed by atoms with Gasteiger partial charge in [0.15, 0.2) is 0 Å². The summed E-state index contributed by atoms with van der Waals surface area (Å²) in [5, 5.41) is 31.5. The van der Waals surface area contributed by atoms with E-state index in [9.17, 15) is 24.9 Å². The summed E-state index contributed by atoms with van der Waals surface area (Å²) in [5.41, 5.74) is 0.664. The van der Waals surface area contributed by atoms with Crippen LogP contribution in [0.2, 0.25) is 0 Å². The van der Waals surface area contributed by atoms with Gasteiger partial charge in [0.2, 0.25) is 0 Å².